The molecule has 6 heteroatoms. The molecule has 0 N–H and O–H groups in total. The van der Waals surface area contributed by atoms with Gasteiger partial charge in [0, 0.05) is 19.5 Å². The molecule has 0 bridgehead atoms. The van der Waals surface area contributed by atoms with Gasteiger partial charge in [0.1, 0.15) is 0 Å². The maximum Gasteiger partial charge on any atom is 0 e. The Balaban J connectivity index is 0. The molecule has 0 heterocycles. The minimum atomic E-state index is 0. The zero-order valence-corrected chi connectivity index (χ0v) is 8.22. The van der Waals surface area contributed by atoms with Gasteiger partial charge in [0.15, 0.2) is 0 Å². The minimum Gasteiger partial charge on any atom is -0.147 e. The van der Waals surface area contributed by atoms with E-state index < -0.39 is 0 Å². The van der Waals surface area contributed by atoms with E-state index in [0.717, 1.165) is 0 Å². The summed E-state index contributed by atoms with van der Waals surface area (Å²) < 4.78 is 0. The Morgan fingerprint density at radius 3 is 0.333 bits per heavy atom. The van der Waals surface area contributed by atoms with E-state index in [1.807, 2.05) is 0 Å². The monoisotopic (exact) mass is 282 g/mol. The first-order valence-corrected chi connectivity index (χ1v) is 0. The van der Waals surface area contributed by atoms with Gasteiger partial charge >= 0.3 is 0 Å². The normalized spacial score (nSPS) is 0. The van der Waals surface area contributed by atoms with Crippen LogP contribution >= 0.6 is 62.0 Å². The largest absolute Gasteiger partial charge is 0.147 e. The molecule has 0 aromatic carbocycles. The van der Waals surface area contributed by atoms with Crippen molar-refractivity contribution in [2.45, 2.75) is 0 Å². The first kappa shape index (κ1) is 94.0. The molecular formula is H5Cl5Ru. The van der Waals surface area contributed by atoms with Crippen LogP contribution in [-0.2, 0) is 19.5 Å². The first-order chi connectivity index (χ1) is 0. The Bertz CT molecular complexity index is 3.90. The van der Waals surface area contributed by atoms with Crippen molar-refractivity contribution in [1.82, 2.24) is 0 Å². The van der Waals surface area contributed by atoms with Gasteiger partial charge in [0.05, 0.1) is 0 Å². The maximum atomic E-state index is 0. The summed E-state index contributed by atoms with van der Waals surface area (Å²) in [5.41, 5.74) is 0. The van der Waals surface area contributed by atoms with E-state index in [1.54, 1.807) is 0 Å². The molecule has 0 aromatic rings. The smallest absolute Gasteiger partial charge is 0 e. The van der Waals surface area contributed by atoms with E-state index in [9.17, 15) is 0 Å². The summed E-state index contributed by atoms with van der Waals surface area (Å²) in [5.74, 6) is 0. The van der Waals surface area contributed by atoms with Crippen LogP contribution in [-0.4, -0.2) is 0 Å². The summed E-state index contributed by atoms with van der Waals surface area (Å²) in [6.45, 7) is 0. The second-order valence-corrected chi connectivity index (χ2v) is 0. The van der Waals surface area contributed by atoms with Gasteiger partial charge in [-0.1, -0.05) is 0 Å². The van der Waals surface area contributed by atoms with Crippen molar-refractivity contribution in [2.24, 2.45) is 0 Å². The third-order valence-corrected chi connectivity index (χ3v) is 0. The fourth-order valence-electron chi connectivity index (χ4n) is 0. The third kappa shape index (κ3) is 36.4. The van der Waals surface area contributed by atoms with Crippen molar-refractivity contribution < 1.29 is 19.5 Å². The fourth-order valence-corrected chi connectivity index (χ4v) is 0. The van der Waals surface area contributed by atoms with Crippen LogP contribution in [0, 0.1) is 0 Å². The molecule has 0 atom stereocenters. The maximum absolute atomic E-state index is 0. The molecule has 48 valence electrons. The van der Waals surface area contributed by atoms with E-state index in [0.29, 0.717) is 0 Å². The van der Waals surface area contributed by atoms with Crippen molar-refractivity contribution in [3.63, 3.8) is 0 Å². The van der Waals surface area contributed by atoms with Crippen LogP contribution in [0.25, 0.3) is 0 Å². The SMILES string of the molecule is Cl.Cl.Cl.Cl.Cl.[Ru]. The van der Waals surface area contributed by atoms with Gasteiger partial charge in [-0.25, -0.2) is 0 Å². The topological polar surface area (TPSA) is 0 Å². The molecule has 0 rings (SSSR count). The standard InChI is InChI=1S/5ClH.Ru/h5*1H;. The summed E-state index contributed by atoms with van der Waals surface area (Å²) in [7, 11) is 0. The average molecular weight is 283 g/mol. The Kier molecular flexibility index (Phi) is 950. The van der Waals surface area contributed by atoms with Crippen LogP contribution in [0.3, 0.4) is 0 Å². The average Bonchev–Trinajstić information content (AvgIpc) is 0. The molecule has 0 unspecified atom stereocenters. The number of hydrogen-bond acceptors (Lipinski definition) is 0. The molecule has 0 aliphatic heterocycles. The van der Waals surface area contributed by atoms with Crippen molar-refractivity contribution in [1.29, 1.82) is 0 Å². The first-order valence-electron chi connectivity index (χ1n) is 0. The van der Waals surface area contributed by atoms with Gasteiger partial charge in [0.2, 0.25) is 0 Å². The molecule has 0 aliphatic carbocycles. The Morgan fingerprint density at radius 2 is 0.333 bits per heavy atom. The predicted molar refractivity (Wildman–Crippen MR) is 36.2 cm³/mol. The molecule has 0 nitrogen and oxygen atoms in total. The van der Waals surface area contributed by atoms with Crippen LogP contribution in [0.4, 0.5) is 0 Å². The molecule has 0 amide bonds. The van der Waals surface area contributed by atoms with Gasteiger partial charge in [-0.05, 0) is 0 Å². The summed E-state index contributed by atoms with van der Waals surface area (Å²) in [6, 6.07) is 0. The molecule has 0 spiro atoms. The quantitative estimate of drug-likeness (QED) is 0.597. The van der Waals surface area contributed by atoms with Crippen molar-refractivity contribution >= 4 is 62.0 Å². The van der Waals surface area contributed by atoms with Crippen LogP contribution in [0.15, 0.2) is 0 Å². The van der Waals surface area contributed by atoms with E-state index in [2.05, 4.69) is 0 Å². The molecule has 0 aliphatic rings. The van der Waals surface area contributed by atoms with Crippen LogP contribution in [0.1, 0.15) is 0 Å². The molecule has 0 saturated heterocycles. The Hall–Kier alpha value is 2.07. The van der Waals surface area contributed by atoms with Crippen molar-refractivity contribution in [2.75, 3.05) is 0 Å². The molecule has 0 fully saturated rings. The molecule has 0 radical (unpaired) electrons. The number of hydrogen-bond donors (Lipinski definition) is 0. The van der Waals surface area contributed by atoms with Gasteiger partial charge in [-0.3, -0.25) is 0 Å². The molecule has 0 aromatic heterocycles. The van der Waals surface area contributed by atoms with Crippen LogP contribution in [0.5, 0.6) is 0 Å². The summed E-state index contributed by atoms with van der Waals surface area (Å²) in [4.78, 5) is 0. The second-order valence-electron chi connectivity index (χ2n) is 0. The van der Waals surface area contributed by atoms with E-state index >= 15 is 0 Å². The summed E-state index contributed by atoms with van der Waals surface area (Å²) in [6.07, 6.45) is 0. The van der Waals surface area contributed by atoms with Crippen LogP contribution in [0.2, 0.25) is 0 Å². The van der Waals surface area contributed by atoms with Crippen molar-refractivity contribution in [3.05, 3.63) is 0 Å². The number of halogens is 5. The Labute approximate surface area is 81.0 Å². The molecular weight excluding hydrogens is 278 g/mol. The summed E-state index contributed by atoms with van der Waals surface area (Å²) in [5, 5.41) is 0. The molecule has 6 heavy (non-hydrogen) atoms. The van der Waals surface area contributed by atoms with E-state index in [4.69, 9.17) is 0 Å². The third-order valence-electron chi connectivity index (χ3n) is 0. The van der Waals surface area contributed by atoms with E-state index in [1.165, 1.54) is 0 Å². The van der Waals surface area contributed by atoms with Gasteiger partial charge in [-0.2, -0.15) is 0 Å². The zero-order chi connectivity index (χ0) is 0. The number of rotatable bonds is 0. The summed E-state index contributed by atoms with van der Waals surface area (Å²) >= 11 is 0. The van der Waals surface area contributed by atoms with Crippen LogP contribution < -0.4 is 0 Å². The van der Waals surface area contributed by atoms with Gasteiger partial charge in [0.25, 0.3) is 0 Å². The predicted octanol–water partition coefficient (Wildman–Crippen LogP) is 2.11. The van der Waals surface area contributed by atoms with Gasteiger partial charge < -0.3 is 0 Å². The zero-order valence-electron chi connectivity index (χ0n) is 2.39. The fraction of sp³-hybridized carbons (Fsp3) is 0. The van der Waals surface area contributed by atoms with Crippen molar-refractivity contribution in [3.8, 4) is 0 Å². The van der Waals surface area contributed by atoms with E-state index in [-0.39, 0.29) is 81.5 Å². The van der Waals surface area contributed by atoms with Gasteiger partial charge in [-0.15, -0.1) is 62.0 Å². The second kappa shape index (κ2) is 60.7. The molecule has 0 saturated carbocycles. The Morgan fingerprint density at radius 1 is 0.333 bits per heavy atom. The minimum absolute atomic E-state index is 0.